The van der Waals surface area contributed by atoms with Crippen LogP contribution in [0.4, 0.5) is 0 Å². The number of aromatic nitrogens is 3. The summed E-state index contributed by atoms with van der Waals surface area (Å²) in [6.45, 7) is 6.19. The monoisotopic (exact) mass is 466 g/mol. The Hall–Kier alpha value is -3.62. The summed E-state index contributed by atoms with van der Waals surface area (Å²) < 4.78 is 12.1. The van der Waals surface area contributed by atoms with E-state index in [-0.39, 0.29) is 34.5 Å². The summed E-state index contributed by atoms with van der Waals surface area (Å²) in [5, 5.41) is 3.11. The first-order valence-corrected chi connectivity index (χ1v) is 11.4. The number of H-pyrrole nitrogens is 1. The molecule has 4 rings (SSSR count). The zero-order valence-corrected chi connectivity index (χ0v) is 20.1. The Balaban J connectivity index is 1.78. The molecule has 34 heavy (non-hydrogen) atoms. The molecule has 1 aliphatic rings. The van der Waals surface area contributed by atoms with Crippen LogP contribution in [0.25, 0.3) is 11.0 Å². The number of methoxy groups -OCH3 is 2. The zero-order chi connectivity index (χ0) is 24.6. The van der Waals surface area contributed by atoms with Crippen molar-refractivity contribution < 1.29 is 14.3 Å². The number of nitrogens with zero attached hydrogens (tertiary/aromatic N) is 2. The predicted molar refractivity (Wildman–Crippen MR) is 129 cm³/mol. The van der Waals surface area contributed by atoms with Gasteiger partial charge >= 0.3 is 5.69 Å². The molecule has 1 aromatic carbocycles. The summed E-state index contributed by atoms with van der Waals surface area (Å²) in [7, 11) is 3.11. The first-order chi connectivity index (χ1) is 16.2. The second kappa shape index (κ2) is 9.32. The van der Waals surface area contributed by atoms with Crippen molar-refractivity contribution in [3.8, 4) is 11.5 Å². The molecule has 9 nitrogen and oxygen atoms in total. The Labute approximate surface area is 197 Å². The zero-order valence-electron chi connectivity index (χ0n) is 20.1. The molecular weight excluding hydrogens is 436 g/mol. The van der Waals surface area contributed by atoms with Crippen LogP contribution in [0.1, 0.15) is 67.2 Å². The quantitative estimate of drug-likeness (QED) is 0.527. The maximum Gasteiger partial charge on any atom is 0.330 e. The van der Waals surface area contributed by atoms with E-state index in [1.165, 1.54) is 4.57 Å². The standard InChI is InChI=1S/C25H30N4O5/c1-13(2)12-29-22-21(24(31)28-25(29)32)17(11-18(27-22)15-6-7-15)23(30)26-14(3)16-8-9-19(33-4)20(10-16)34-5/h8-11,13-15H,6-7,12H2,1-5H3,(H,26,30)(H,28,31,32). The number of hydrogen-bond acceptors (Lipinski definition) is 6. The van der Waals surface area contributed by atoms with E-state index in [0.717, 1.165) is 24.1 Å². The van der Waals surface area contributed by atoms with Crippen LogP contribution in [0.3, 0.4) is 0 Å². The van der Waals surface area contributed by atoms with Gasteiger partial charge in [0.2, 0.25) is 0 Å². The third-order valence-electron chi connectivity index (χ3n) is 6.01. The van der Waals surface area contributed by atoms with Gasteiger partial charge in [0.1, 0.15) is 0 Å². The average Bonchev–Trinajstić information content (AvgIpc) is 3.65. The van der Waals surface area contributed by atoms with Gasteiger partial charge < -0.3 is 14.8 Å². The summed E-state index contributed by atoms with van der Waals surface area (Å²) in [5.41, 5.74) is 0.903. The molecule has 2 heterocycles. The van der Waals surface area contributed by atoms with Gasteiger partial charge in [-0.05, 0) is 49.4 Å². The number of carbonyl (C=O) groups excluding carboxylic acids is 1. The van der Waals surface area contributed by atoms with Crippen molar-refractivity contribution in [2.45, 2.75) is 52.1 Å². The molecule has 1 fully saturated rings. The summed E-state index contributed by atoms with van der Waals surface area (Å²) in [5.74, 6) is 1.13. The van der Waals surface area contributed by atoms with Gasteiger partial charge in [0, 0.05) is 18.2 Å². The Morgan fingerprint density at radius 1 is 1.15 bits per heavy atom. The molecule has 1 aliphatic carbocycles. The lowest BCUT2D eigenvalue weighted by atomic mass is 10.0. The van der Waals surface area contributed by atoms with Gasteiger partial charge in [0.25, 0.3) is 11.5 Å². The summed E-state index contributed by atoms with van der Waals surface area (Å²) in [4.78, 5) is 45.9. The minimum atomic E-state index is -0.612. The van der Waals surface area contributed by atoms with Crippen LogP contribution in [0.5, 0.6) is 11.5 Å². The van der Waals surface area contributed by atoms with Crippen LogP contribution in [0.2, 0.25) is 0 Å². The smallest absolute Gasteiger partial charge is 0.330 e. The fourth-order valence-electron chi connectivity index (χ4n) is 4.08. The van der Waals surface area contributed by atoms with Gasteiger partial charge in [-0.15, -0.1) is 0 Å². The molecule has 0 saturated heterocycles. The molecule has 180 valence electrons. The highest BCUT2D eigenvalue weighted by Gasteiger charge is 2.29. The lowest BCUT2D eigenvalue weighted by Crippen LogP contribution is -2.34. The van der Waals surface area contributed by atoms with Crippen LogP contribution < -0.4 is 26.0 Å². The summed E-state index contributed by atoms with van der Waals surface area (Å²) >= 11 is 0. The minimum Gasteiger partial charge on any atom is -0.493 e. The van der Waals surface area contributed by atoms with E-state index in [9.17, 15) is 14.4 Å². The Morgan fingerprint density at radius 2 is 1.85 bits per heavy atom. The fourth-order valence-corrected chi connectivity index (χ4v) is 4.08. The van der Waals surface area contributed by atoms with Gasteiger partial charge in [-0.1, -0.05) is 19.9 Å². The van der Waals surface area contributed by atoms with Crippen molar-refractivity contribution in [1.82, 2.24) is 19.9 Å². The number of aromatic amines is 1. The van der Waals surface area contributed by atoms with Crippen LogP contribution in [0, 0.1) is 5.92 Å². The lowest BCUT2D eigenvalue weighted by Gasteiger charge is -2.18. The molecule has 1 atom stereocenters. The molecule has 1 amide bonds. The Morgan fingerprint density at radius 3 is 2.47 bits per heavy atom. The number of carbonyl (C=O) groups is 1. The Bertz CT molecular complexity index is 1350. The molecule has 1 unspecified atom stereocenters. The Kier molecular flexibility index (Phi) is 6.45. The van der Waals surface area contributed by atoms with Gasteiger partial charge in [-0.3, -0.25) is 19.1 Å². The van der Waals surface area contributed by atoms with Gasteiger partial charge in [0.15, 0.2) is 17.1 Å². The third-order valence-corrected chi connectivity index (χ3v) is 6.01. The normalized spacial score (nSPS) is 14.3. The average molecular weight is 467 g/mol. The summed E-state index contributed by atoms with van der Waals surface area (Å²) in [6, 6.07) is 6.74. The van der Waals surface area contributed by atoms with E-state index in [1.807, 2.05) is 26.8 Å². The summed E-state index contributed by atoms with van der Waals surface area (Å²) in [6.07, 6.45) is 1.94. The van der Waals surface area contributed by atoms with Crippen molar-refractivity contribution in [2.75, 3.05) is 14.2 Å². The van der Waals surface area contributed by atoms with E-state index in [4.69, 9.17) is 9.47 Å². The van der Waals surface area contributed by atoms with Crippen molar-refractivity contribution in [1.29, 1.82) is 0 Å². The van der Waals surface area contributed by atoms with Gasteiger partial charge in [-0.25, -0.2) is 9.78 Å². The number of rotatable bonds is 8. The van der Waals surface area contributed by atoms with Crippen molar-refractivity contribution in [3.05, 3.63) is 61.9 Å². The first kappa shape index (κ1) is 23.5. The van der Waals surface area contributed by atoms with E-state index in [0.29, 0.717) is 18.0 Å². The van der Waals surface area contributed by atoms with Gasteiger partial charge in [0.05, 0.1) is 31.2 Å². The number of pyridine rings is 1. The number of amides is 1. The van der Waals surface area contributed by atoms with Crippen LogP contribution in [0.15, 0.2) is 33.9 Å². The van der Waals surface area contributed by atoms with Crippen molar-refractivity contribution in [3.63, 3.8) is 0 Å². The molecule has 0 bridgehead atoms. The van der Waals surface area contributed by atoms with E-state index in [1.54, 1.807) is 32.4 Å². The topological polar surface area (TPSA) is 115 Å². The fraction of sp³-hybridized carbons (Fsp3) is 0.440. The molecule has 0 aliphatic heterocycles. The molecule has 2 N–H and O–H groups in total. The van der Waals surface area contributed by atoms with Crippen LogP contribution in [-0.4, -0.2) is 34.7 Å². The second-order valence-electron chi connectivity index (χ2n) is 9.14. The van der Waals surface area contributed by atoms with Crippen LogP contribution in [-0.2, 0) is 6.54 Å². The molecular formula is C25H30N4O5. The highest BCUT2D eigenvalue weighted by Crippen LogP contribution is 2.40. The number of fused-ring (bicyclic) bond motifs is 1. The molecule has 9 heteroatoms. The third kappa shape index (κ3) is 4.55. The molecule has 3 aromatic rings. The van der Waals surface area contributed by atoms with E-state index < -0.39 is 17.2 Å². The number of ether oxygens (including phenoxy) is 2. The second-order valence-corrected chi connectivity index (χ2v) is 9.14. The van der Waals surface area contributed by atoms with Gasteiger partial charge in [-0.2, -0.15) is 0 Å². The highest BCUT2D eigenvalue weighted by molar-refractivity contribution is 6.05. The van der Waals surface area contributed by atoms with Crippen LogP contribution >= 0.6 is 0 Å². The largest absolute Gasteiger partial charge is 0.493 e. The lowest BCUT2D eigenvalue weighted by molar-refractivity contribution is 0.0941. The van der Waals surface area contributed by atoms with Crippen molar-refractivity contribution in [2.24, 2.45) is 5.92 Å². The van der Waals surface area contributed by atoms with E-state index in [2.05, 4.69) is 15.3 Å². The number of hydrogen-bond donors (Lipinski definition) is 2. The minimum absolute atomic E-state index is 0.127. The molecule has 2 aromatic heterocycles. The number of benzene rings is 1. The molecule has 0 spiro atoms. The SMILES string of the molecule is COc1ccc(C(C)NC(=O)c2cc(C3CC3)nc3c2c(=O)[nH]c(=O)n3CC(C)C)cc1OC. The maximum absolute atomic E-state index is 13.5. The maximum atomic E-state index is 13.5. The van der Waals surface area contributed by atoms with Crippen molar-refractivity contribution >= 4 is 16.9 Å². The van der Waals surface area contributed by atoms with E-state index >= 15 is 0 Å². The predicted octanol–water partition coefficient (Wildman–Crippen LogP) is 3.13. The number of nitrogens with one attached hydrogen (secondary N) is 2. The molecule has 0 radical (unpaired) electrons. The molecule has 1 saturated carbocycles. The first-order valence-electron chi connectivity index (χ1n) is 11.4. The highest BCUT2D eigenvalue weighted by atomic mass is 16.5.